The average Bonchev–Trinajstić information content (AvgIpc) is 3.03. The molecule has 0 bridgehead atoms. The zero-order valence-corrected chi connectivity index (χ0v) is 14.9. The molecule has 2 aromatic carbocycles. The number of aryl methyl sites for hydroxylation is 1. The zero-order chi connectivity index (χ0) is 17.8. The molecule has 0 aliphatic rings. The van der Waals surface area contributed by atoms with Crippen molar-refractivity contribution < 1.29 is 4.39 Å². The van der Waals surface area contributed by atoms with Gasteiger partial charge in [-0.25, -0.2) is 9.37 Å². The van der Waals surface area contributed by atoms with Crippen LogP contribution in [0.25, 0.3) is 0 Å². The van der Waals surface area contributed by atoms with E-state index in [1.165, 1.54) is 23.3 Å². The molecule has 130 valence electrons. The first-order valence-electron chi connectivity index (χ1n) is 8.59. The van der Waals surface area contributed by atoms with E-state index in [-0.39, 0.29) is 11.9 Å². The molecule has 0 spiro atoms. The van der Waals surface area contributed by atoms with Crippen molar-refractivity contribution >= 4 is 0 Å². The molecule has 0 fully saturated rings. The highest BCUT2D eigenvalue weighted by Crippen LogP contribution is 2.22. The highest BCUT2D eigenvalue weighted by molar-refractivity contribution is 5.28. The summed E-state index contributed by atoms with van der Waals surface area (Å²) in [5.41, 5.74) is 3.54. The SMILES string of the molecule is CC(C)c1ccc(CN[C@@H](c2ccc(F)cc2)c2nccn2C)cc1. The van der Waals surface area contributed by atoms with E-state index in [1.54, 1.807) is 6.20 Å². The first-order valence-corrected chi connectivity index (χ1v) is 8.59. The van der Waals surface area contributed by atoms with Crippen molar-refractivity contribution in [2.75, 3.05) is 0 Å². The van der Waals surface area contributed by atoms with E-state index in [4.69, 9.17) is 0 Å². The van der Waals surface area contributed by atoms with E-state index in [0.717, 1.165) is 11.4 Å². The van der Waals surface area contributed by atoms with Gasteiger partial charge >= 0.3 is 0 Å². The summed E-state index contributed by atoms with van der Waals surface area (Å²) in [5, 5.41) is 3.56. The lowest BCUT2D eigenvalue weighted by Crippen LogP contribution is -2.24. The lowest BCUT2D eigenvalue weighted by Gasteiger charge is -2.19. The summed E-state index contributed by atoms with van der Waals surface area (Å²) in [6.45, 7) is 5.10. The van der Waals surface area contributed by atoms with Crippen LogP contribution in [0.2, 0.25) is 0 Å². The second-order valence-corrected chi connectivity index (χ2v) is 6.66. The number of nitrogens with zero attached hydrogens (tertiary/aromatic N) is 2. The number of imidazole rings is 1. The van der Waals surface area contributed by atoms with Crippen molar-refractivity contribution in [3.8, 4) is 0 Å². The number of hydrogen-bond acceptors (Lipinski definition) is 2. The van der Waals surface area contributed by atoms with E-state index in [2.05, 4.69) is 48.4 Å². The summed E-state index contributed by atoms with van der Waals surface area (Å²) < 4.78 is 15.3. The topological polar surface area (TPSA) is 29.9 Å². The predicted molar refractivity (Wildman–Crippen MR) is 98.8 cm³/mol. The molecule has 0 aliphatic heterocycles. The Labute approximate surface area is 148 Å². The molecule has 25 heavy (non-hydrogen) atoms. The van der Waals surface area contributed by atoms with Gasteiger partial charge in [-0.1, -0.05) is 50.2 Å². The fraction of sp³-hybridized carbons (Fsp3) is 0.286. The number of hydrogen-bond donors (Lipinski definition) is 1. The third kappa shape index (κ3) is 4.15. The molecular weight excluding hydrogens is 313 g/mol. The Morgan fingerprint density at radius 1 is 1.00 bits per heavy atom. The van der Waals surface area contributed by atoms with Gasteiger partial charge in [0.15, 0.2) is 0 Å². The minimum Gasteiger partial charge on any atom is -0.336 e. The van der Waals surface area contributed by atoms with Gasteiger partial charge in [-0.15, -0.1) is 0 Å². The van der Waals surface area contributed by atoms with Crippen LogP contribution in [0, 0.1) is 5.82 Å². The fourth-order valence-electron chi connectivity index (χ4n) is 2.91. The fourth-order valence-corrected chi connectivity index (χ4v) is 2.91. The molecule has 3 nitrogen and oxygen atoms in total. The minimum absolute atomic E-state index is 0.0922. The van der Waals surface area contributed by atoms with Crippen LogP contribution in [-0.4, -0.2) is 9.55 Å². The van der Waals surface area contributed by atoms with E-state index < -0.39 is 0 Å². The first-order chi connectivity index (χ1) is 12.0. The molecule has 0 saturated carbocycles. The quantitative estimate of drug-likeness (QED) is 0.714. The Bertz CT molecular complexity index is 804. The highest BCUT2D eigenvalue weighted by atomic mass is 19.1. The van der Waals surface area contributed by atoms with Crippen LogP contribution in [-0.2, 0) is 13.6 Å². The van der Waals surface area contributed by atoms with Crippen molar-refractivity contribution in [2.24, 2.45) is 7.05 Å². The van der Waals surface area contributed by atoms with Crippen LogP contribution < -0.4 is 5.32 Å². The van der Waals surface area contributed by atoms with E-state index in [1.807, 2.05) is 29.9 Å². The molecule has 3 rings (SSSR count). The largest absolute Gasteiger partial charge is 0.336 e. The molecule has 4 heteroatoms. The third-order valence-corrected chi connectivity index (χ3v) is 4.48. The van der Waals surface area contributed by atoms with Crippen LogP contribution in [0.4, 0.5) is 4.39 Å². The Morgan fingerprint density at radius 3 is 2.20 bits per heavy atom. The lowest BCUT2D eigenvalue weighted by atomic mass is 10.0. The zero-order valence-electron chi connectivity index (χ0n) is 14.9. The Hall–Kier alpha value is -2.46. The molecule has 0 amide bonds. The smallest absolute Gasteiger partial charge is 0.130 e. The molecule has 0 saturated heterocycles. The molecule has 0 unspecified atom stereocenters. The van der Waals surface area contributed by atoms with Crippen molar-refractivity contribution in [2.45, 2.75) is 32.4 Å². The van der Waals surface area contributed by atoms with Crippen LogP contribution in [0.15, 0.2) is 60.9 Å². The monoisotopic (exact) mass is 337 g/mol. The third-order valence-electron chi connectivity index (χ3n) is 4.48. The summed E-state index contributed by atoms with van der Waals surface area (Å²) in [6.07, 6.45) is 3.70. The number of halogens is 1. The normalized spacial score (nSPS) is 12.5. The van der Waals surface area contributed by atoms with E-state index in [0.29, 0.717) is 12.5 Å². The lowest BCUT2D eigenvalue weighted by molar-refractivity contribution is 0.555. The summed E-state index contributed by atoms with van der Waals surface area (Å²) >= 11 is 0. The number of rotatable bonds is 6. The number of aromatic nitrogens is 2. The van der Waals surface area contributed by atoms with Crippen molar-refractivity contribution in [1.29, 1.82) is 0 Å². The molecule has 0 radical (unpaired) electrons. The highest BCUT2D eigenvalue weighted by Gasteiger charge is 2.18. The van der Waals surface area contributed by atoms with Crippen LogP contribution in [0.1, 0.15) is 48.3 Å². The Kier molecular flexibility index (Phi) is 5.29. The maximum Gasteiger partial charge on any atom is 0.130 e. The minimum atomic E-state index is -0.230. The number of benzene rings is 2. The van der Waals surface area contributed by atoms with Gasteiger partial charge < -0.3 is 4.57 Å². The van der Waals surface area contributed by atoms with Gasteiger partial charge in [-0.3, -0.25) is 5.32 Å². The van der Waals surface area contributed by atoms with Gasteiger partial charge in [-0.05, 0) is 34.7 Å². The number of nitrogens with one attached hydrogen (secondary N) is 1. The van der Waals surface area contributed by atoms with Crippen LogP contribution >= 0.6 is 0 Å². The van der Waals surface area contributed by atoms with Gasteiger partial charge in [0.2, 0.25) is 0 Å². The van der Waals surface area contributed by atoms with Gasteiger partial charge in [0.25, 0.3) is 0 Å². The van der Waals surface area contributed by atoms with Crippen LogP contribution in [0.3, 0.4) is 0 Å². The Balaban J connectivity index is 1.80. The van der Waals surface area contributed by atoms with Crippen molar-refractivity contribution in [3.63, 3.8) is 0 Å². The van der Waals surface area contributed by atoms with E-state index >= 15 is 0 Å². The maximum absolute atomic E-state index is 13.3. The molecule has 0 aliphatic carbocycles. The molecular formula is C21H24FN3. The van der Waals surface area contributed by atoms with Gasteiger partial charge in [0, 0.05) is 26.0 Å². The second kappa shape index (κ2) is 7.62. The molecule has 3 aromatic rings. The van der Waals surface area contributed by atoms with Crippen LogP contribution in [0.5, 0.6) is 0 Å². The summed E-state index contributed by atoms with van der Waals surface area (Å²) in [6, 6.07) is 15.2. The molecule has 1 N–H and O–H groups in total. The van der Waals surface area contributed by atoms with Gasteiger partial charge in [0.05, 0.1) is 6.04 Å². The van der Waals surface area contributed by atoms with E-state index in [9.17, 15) is 4.39 Å². The summed E-state index contributed by atoms with van der Waals surface area (Å²) in [7, 11) is 1.97. The summed E-state index contributed by atoms with van der Waals surface area (Å²) in [4.78, 5) is 4.47. The first kappa shape index (κ1) is 17.4. The Morgan fingerprint density at radius 2 is 1.64 bits per heavy atom. The summed E-state index contributed by atoms with van der Waals surface area (Å²) in [5.74, 6) is 1.21. The molecule has 1 aromatic heterocycles. The molecule has 1 atom stereocenters. The van der Waals surface area contributed by atoms with Gasteiger partial charge in [-0.2, -0.15) is 0 Å². The van der Waals surface area contributed by atoms with Gasteiger partial charge in [0.1, 0.15) is 11.6 Å². The molecule has 1 heterocycles. The standard InChI is InChI=1S/C21H24FN3/c1-15(2)17-6-4-16(5-7-17)14-24-20(21-23-12-13-25(21)3)18-8-10-19(22)11-9-18/h4-13,15,20,24H,14H2,1-3H3/t20-/m0/s1. The second-order valence-electron chi connectivity index (χ2n) is 6.66. The van der Waals surface area contributed by atoms with Crippen molar-refractivity contribution in [1.82, 2.24) is 14.9 Å². The maximum atomic E-state index is 13.3. The predicted octanol–water partition coefficient (Wildman–Crippen LogP) is 4.56. The van der Waals surface area contributed by atoms with Crippen molar-refractivity contribution in [3.05, 3.63) is 89.3 Å². The average molecular weight is 337 g/mol.